The van der Waals surface area contributed by atoms with Crippen molar-refractivity contribution in [3.63, 3.8) is 0 Å². The number of unbranched alkanes of at least 4 members (excludes halogenated alkanes) is 1. The zero-order valence-corrected chi connectivity index (χ0v) is 24.4. The van der Waals surface area contributed by atoms with Crippen LogP contribution in [-0.4, -0.2) is 102 Å². The van der Waals surface area contributed by atoms with Crippen LogP contribution in [0.15, 0.2) is 5.16 Å². The monoisotopic (exact) mass is 635 g/mol. The molecule has 6 unspecified atom stereocenters. The van der Waals surface area contributed by atoms with Gasteiger partial charge in [0.25, 0.3) is 5.91 Å². The Bertz CT molecular complexity index is 992. The largest absolute Gasteiger partial charge is 0.472 e. The number of nitrogens with one attached hydrogen (secondary N) is 4. The van der Waals surface area contributed by atoms with Gasteiger partial charge in [0.2, 0.25) is 5.91 Å². The standard InChI is InChI=1S/C19H35N5O13P2S/c1-33-38(29,30)36-9-13(25)14(37-39(31,32)34-2)7-8-20-35-10-17(27)24-23-16(26)6-4-3-5-15-18-12(11-40-15)21-19(28)22-18/h8,12-15,18,25H,3-7,9-11H2,1-2H3,(H,23,26)(H,24,27)(H,29,30)(H,31,32)(H2,21,22,28)/b20-8+/t12?,13-,14?,15?,18?/m1/s1. The molecule has 7 atom stereocenters. The van der Waals surface area contributed by atoms with E-state index in [9.17, 15) is 38.4 Å². The van der Waals surface area contributed by atoms with E-state index in [4.69, 9.17) is 9.36 Å². The van der Waals surface area contributed by atoms with Crippen LogP contribution in [0.25, 0.3) is 0 Å². The van der Waals surface area contributed by atoms with E-state index in [2.05, 4.69) is 40.2 Å². The lowest BCUT2D eigenvalue weighted by atomic mass is 10.0. The fourth-order valence-corrected chi connectivity index (χ4v) is 6.27. The number of hydrogen-bond acceptors (Lipinski definition) is 13. The van der Waals surface area contributed by atoms with Crippen LogP contribution in [0.1, 0.15) is 32.1 Å². The Labute approximate surface area is 234 Å². The number of nitrogens with zero attached hydrogens (tertiary/aromatic N) is 1. The van der Waals surface area contributed by atoms with E-state index < -0.39 is 52.9 Å². The van der Waals surface area contributed by atoms with Crippen molar-refractivity contribution in [2.24, 2.45) is 5.16 Å². The van der Waals surface area contributed by atoms with Gasteiger partial charge in [-0.3, -0.25) is 38.5 Å². The van der Waals surface area contributed by atoms with Gasteiger partial charge in [0.15, 0.2) is 6.61 Å². The maximum atomic E-state index is 11.9. The molecule has 21 heteroatoms. The quantitative estimate of drug-likeness (QED) is 0.0330. The highest BCUT2D eigenvalue weighted by Gasteiger charge is 2.42. The minimum atomic E-state index is -4.57. The molecule has 2 saturated heterocycles. The van der Waals surface area contributed by atoms with E-state index in [1.165, 1.54) is 0 Å². The maximum Gasteiger partial charge on any atom is 0.472 e. The number of carbonyl (C=O) groups is 3. The van der Waals surface area contributed by atoms with Gasteiger partial charge in [-0.25, -0.2) is 13.9 Å². The summed E-state index contributed by atoms with van der Waals surface area (Å²) in [4.78, 5) is 58.7. The molecule has 2 rings (SSSR count). The van der Waals surface area contributed by atoms with Crippen molar-refractivity contribution in [1.82, 2.24) is 21.5 Å². The van der Waals surface area contributed by atoms with Gasteiger partial charge in [0, 0.05) is 44.3 Å². The average molecular weight is 636 g/mol. The van der Waals surface area contributed by atoms with Crippen molar-refractivity contribution >= 4 is 51.5 Å². The molecule has 4 amide bonds. The van der Waals surface area contributed by atoms with Crippen molar-refractivity contribution < 1.29 is 61.3 Å². The lowest BCUT2D eigenvalue weighted by Gasteiger charge is -2.23. The first-order valence-corrected chi connectivity index (χ1v) is 16.1. The number of carbonyl (C=O) groups excluding carboxylic acids is 3. The Hall–Kier alpha value is -1.79. The van der Waals surface area contributed by atoms with E-state index >= 15 is 0 Å². The van der Waals surface area contributed by atoms with Crippen LogP contribution in [0.5, 0.6) is 0 Å². The number of phosphoric acid groups is 2. The maximum absolute atomic E-state index is 11.9. The Kier molecular flexibility index (Phi) is 14.3. The van der Waals surface area contributed by atoms with Crippen LogP contribution < -0.4 is 21.5 Å². The van der Waals surface area contributed by atoms with Gasteiger partial charge < -0.3 is 30.4 Å². The molecule has 2 fully saturated rings. The fourth-order valence-electron chi connectivity index (χ4n) is 3.62. The van der Waals surface area contributed by atoms with Crippen molar-refractivity contribution in [3.05, 3.63) is 0 Å². The fraction of sp³-hybridized carbons (Fsp3) is 0.789. The summed E-state index contributed by atoms with van der Waals surface area (Å²) in [6, 6.07) is 0.107. The van der Waals surface area contributed by atoms with Crippen molar-refractivity contribution in [1.29, 1.82) is 0 Å². The van der Waals surface area contributed by atoms with Gasteiger partial charge in [-0.1, -0.05) is 11.6 Å². The molecule has 0 saturated carbocycles. The van der Waals surface area contributed by atoms with Crippen molar-refractivity contribution in [3.8, 4) is 0 Å². The van der Waals surface area contributed by atoms with E-state index in [1.807, 2.05) is 0 Å². The molecule has 18 nitrogen and oxygen atoms in total. The summed E-state index contributed by atoms with van der Waals surface area (Å²) in [6.45, 7) is -1.39. The second kappa shape index (κ2) is 16.6. The summed E-state index contributed by atoms with van der Waals surface area (Å²) in [7, 11) is -7.21. The van der Waals surface area contributed by atoms with Crippen LogP contribution in [0.4, 0.5) is 4.79 Å². The molecule has 2 aliphatic rings. The van der Waals surface area contributed by atoms with Crippen molar-refractivity contribution in [2.75, 3.05) is 33.2 Å². The number of fused-ring (bicyclic) bond motifs is 1. The molecule has 0 radical (unpaired) electrons. The van der Waals surface area contributed by atoms with Gasteiger partial charge in [-0.05, 0) is 12.8 Å². The van der Waals surface area contributed by atoms with Gasteiger partial charge in [-0.2, -0.15) is 11.8 Å². The zero-order valence-electron chi connectivity index (χ0n) is 21.8. The summed E-state index contributed by atoms with van der Waals surface area (Å²) in [6.07, 6.45) is -0.111. The first-order valence-electron chi connectivity index (χ1n) is 12.0. The Morgan fingerprint density at radius 1 is 1.15 bits per heavy atom. The molecule has 0 aromatic carbocycles. The lowest BCUT2D eigenvalue weighted by molar-refractivity contribution is -0.131. The molecule has 0 aliphatic carbocycles. The Balaban J connectivity index is 1.62. The van der Waals surface area contributed by atoms with Gasteiger partial charge >= 0.3 is 21.7 Å². The second-order valence-corrected chi connectivity index (χ2v) is 12.9. The number of rotatable bonds is 18. The molecule has 2 aliphatic heterocycles. The minimum absolute atomic E-state index is 0.106. The number of amides is 4. The van der Waals surface area contributed by atoms with Gasteiger partial charge in [0.1, 0.15) is 12.2 Å². The molecule has 7 N–H and O–H groups in total. The number of aliphatic hydroxyl groups is 1. The van der Waals surface area contributed by atoms with Gasteiger partial charge in [0.05, 0.1) is 18.7 Å². The van der Waals surface area contributed by atoms with Crippen molar-refractivity contribution in [2.45, 2.75) is 61.6 Å². The van der Waals surface area contributed by atoms with Crippen LogP contribution in [0.2, 0.25) is 0 Å². The molecule has 0 aromatic rings. The van der Waals surface area contributed by atoms with E-state index in [0.29, 0.717) is 11.7 Å². The van der Waals surface area contributed by atoms with Gasteiger partial charge in [-0.15, -0.1) is 0 Å². The second-order valence-electron chi connectivity index (χ2n) is 8.57. The highest BCUT2D eigenvalue weighted by Crippen LogP contribution is 2.45. The normalized spacial score (nSPS) is 24.7. The Morgan fingerprint density at radius 3 is 2.55 bits per heavy atom. The van der Waals surface area contributed by atoms with Crippen LogP contribution in [-0.2, 0) is 41.7 Å². The predicted molar refractivity (Wildman–Crippen MR) is 140 cm³/mol. The summed E-state index contributed by atoms with van der Waals surface area (Å²) in [5.74, 6) is -0.254. The highest BCUT2D eigenvalue weighted by molar-refractivity contribution is 8.00. The van der Waals surface area contributed by atoms with E-state index in [1.54, 1.807) is 11.8 Å². The number of thioether (sulfide) groups is 1. The molecular formula is C19H35N5O13P2S. The third kappa shape index (κ3) is 12.4. The van der Waals surface area contributed by atoms with Crippen LogP contribution >= 0.6 is 27.4 Å². The van der Waals surface area contributed by atoms with Crippen LogP contribution in [0.3, 0.4) is 0 Å². The molecule has 40 heavy (non-hydrogen) atoms. The summed E-state index contributed by atoms with van der Waals surface area (Å²) >= 11 is 1.79. The third-order valence-electron chi connectivity index (χ3n) is 5.67. The molecule has 0 bridgehead atoms. The highest BCUT2D eigenvalue weighted by atomic mass is 32.2. The molecule has 0 spiro atoms. The van der Waals surface area contributed by atoms with E-state index in [-0.39, 0.29) is 31.0 Å². The first-order chi connectivity index (χ1) is 18.9. The summed E-state index contributed by atoms with van der Waals surface area (Å²) in [5, 5.41) is 19.7. The molecular weight excluding hydrogens is 600 g/mol. The predicted octanol–water partition coefficient (Wildman–Crippen LogP) is -0.492. The summed E-state index contributed by atoms with van der Waals surface area (Å²) < 4.78 is 40.9. The lowest BCUT2D eigenvalue weighted by Crippen LogP contribution is -2.43. The smallest absolute Gasteiger partial charge is 0.388 e. The zero-order chi connectivity index (χ0) is 29.8. The average Bonchev–Trinajstić information content (AvgIpc) is 3.46. The first kappa shape index (κ1) is 34.4. The number of phosphoric ester groups is 2. The molecule has 0 aromatic heterocycles. The number of hydrogen-bond donors (Lipinski definition) is 7. The molecule has 2 heterocycles. The Morgan fingerprint density at radius 2 is 1.85 bits per heavy atom. The minimum Gasteiger partial charge on any atom is -0.388 e. The number of hydrazine groups is 1. The molecule has 230 valence electrons. The number of aliphatic hydroxyl groups excluding tert-OH is 1. The SMILES string of the molecule is COP(=O)(O)OC[C@@H](O)C(C/C=N/OCC(=O)NNC(=O)CCCCC1SCC2NC(=O)NC21)OP(=O)(O)OC. The summed E-state index contributed by atoms with van der Waals surface area (Å²) in [5.41, 5.74) is 4.42. The third-order valence-corrected chi connectivity index (χ3v) is 9.12. The number of urea groups is 1. The van der Waals surface area contributed by atoms with E-state index in [0.717, 1.165) is 39.0 Å². The van der Waals surface area contributed by atoms with Crippen LogP contribution in [0, 0.1) is 0 Å². The topological polar surface area (TPSA) is 253 Å². The number of oxime groups is 1.